The summed E-state index contributed by atoms with van der Waals surface area (Å²) in [5.41, 5.74) is 0. The zero-order valence-corrected chi connectivity index (χ0v) is 9.60. The summed E-state index contributed by atoms with van der Waals surface area (Å²) >= 11 is 0. The second-order valence-electron chi connectivity index (χ2n) is 3.73. The van der Waals surface area contributed by atoms with Crippen LogP contribution in [0.1, 0.15) is 47.0 Å². The van der Waals surface area contributed by atoms with Crippen molar-refractivity contribution in [3.63, 3.8) is 0 Å². The van der Waals surface area contributed by atoms with Gasteiger partial charge in [-0.05, 0) is 39.7 Å². The van der Waals surface area contributed by atoms with Crippen molar-refractivity contribution in [2.75, 3.05) is 13.2 Å². The lowest BCUT2D eigenvalue weighted by molar-refractivity contribution is 0.0580. The van der Waals surface area contributed by atoms with E-state index in [1.807, 2.05) is 0 Å². The highest BCUT2D eigenvalue weighted by atomic mass is 16.5. The standard InChI is InChI=1S/C11H25NO/c1-5-8-12-10(3)7-9-13-11(4)6-2/h10-12H,5-9H2,1-4H3. The van der Waals surface area contributed by atoms with Crippen LogP contribution in [0, 0.1) is 0 Å². The maximum Gasteiger partial charge on any atom is 0.0544 e. The minimum absolute atomic E-state index is 0.415. The van der Waals surface area contributed by atoms with Crippen LogP contribution in [0.4, 0.5) is 0 Å². The van der Waals surface area contributed by atoms with Crippen LogP contribution in [-0.4, -0.2) is 25.3 Å². The molecule has 0 aromatic heterocycles. The molecule has 0 rings (SSSR count). The molecule has 0 saturated carbocycles. The minimum Gasteiger partial charge on any atom is -0.378 e. The molecular formula is C11H25NO. The molecule has 0 bridgehead atoms. The molecule has 0 fully saturated rings. The van der Waals surface area contributed by atoms with Crippen molar-refractivity contribution < 1.29 is 4.74 Å². The van der Waals surface area contributed by atoms with E-state index in [1.54, 1.807) is 0 Å². The first kappa shape index (κ1) is 12.9. The van der Waals surface area contributed by atoms with Gasteiger partial charge in [-0.25, -0.2) is 0 Å². The molecule has 2 nitrogen and oxygen atoms in total. The van der Waals surface area contributed by atoms with E-state index in [2.05, 4.69) is 33.0 Å². The topological polar surface area (TPSA) is 21.3 Å². The summed E-state index contributed by atoms with van der Waals surface area (Å²) in [4.78, 5) is 0. The van der Waals surface area contributed by atoms with Gasteiger partial charge in [0.15, 0.2) is 0 Å². The number of ether oxygens (including phenoxy) is 1. The lowest BCUT2D eigenvalue weighted by Crippen LogP contribution is -2.28. The first-order valence-electron chi connectivity index (χ1n) is 5.55. The van der Waals surface area contributed by atoms with Crippen LogP contribution in [0.5, 0.6) is 0 Å². The first-order valence-corrected chi connectivity index (χ1v) is 5.55. The van der Waals surface area contributed by atoms with E-state index in [-0.39, 0.29) is 0 Å². The van der Waals surface area contributed by atoms with Gasteiger partial charge in [0.05, 0.1) is 6.10 Å². The summed E-state index contributed by atoms with van der Waals surface area (Å²) in [7, 11) is 0. The minimum atomic E-state index is 0.415. The van der Waals surface area contributed by atoms with Crippen LogP contribution in [0.2, 0.25) is 0 Å². The molecule has 2 unspecified atom stereocenters. The van der Waals surface area contributed by atoms with E-state index in [1.165, 1.54) is 6.42 Å². The van der Waals surface area contributed by atoms with Gasteiger partial charge < -0.3 is 10.1 Å². The molecule has 0 aliphatic heterocycles. The van der Waals surface area contributed by atoms with Crippen LogP contribution in [0.3, 0.4) is 0 Å². The Morgan fingerprint density at radius 3 is 2.46 bits per heavy atom. The molecule has 0 spiro atoms. The fourth-order valence-corrected chi connectivity index (χ4v) is 1.06. The van der Waals surface area contributed by atoms with Crippen LogP contribution >= 0.6 is 0 Å². The SMILES string of the molecule is CCCNC(C)CCOC(C)CC. The number of hydrogen-bond acceptors (Lipinski definition) is 2. The third kappa shape index (κ3) is 8.26. The Hall–Kier alpha value is -0.0800. The predicted octanol–water partition coefficient (Wildman–Crippen LogP) is 2.58. The molecule has 0 aliphatic rings. The summed E-state index contributed by atoms with van der Waals surface area (Å²) < 4.78 is 5.60. The number of rotatable bonds is 8. The number of hydrogen-bond donors (Lipinski definition) is 1. The highest BCUT2D eigenvalue weighted by Gasteiger charge is 2.02. The lowest BCUT2D eigenvalue weighted by atomic mass is 10.2. The Labute approximate surface area is 83.1 Å². The van der Waals surface area contributed by atoms with E-state index in [0.29, 0.717) is 12.1 Å². The Bertz CT molecular complexity index is 106. The molecule has 0 amide bonds. The molecule has 1 N–H and O–H groups in total. The average Bonchev–Trinajstić information content (AvgIpc) is 2.14. The van der Waals surface area contributed by atoms with Crippen LogP contribution in [0.15, 0.2) is 0 Å². The van der Waals surface area contributed by atoms with Crippen molar-refractivity contribution in [2.45, 2.75) is 59.1 Å². The quantitative estimate of drug-likeness (QED) is 0.630. The molecule has 0 aromatic rings. The summed E-state index contributed by atoms with van der Waals surface area (Å²) in [5.74, 6) is 0. The summed E-state index contributed by atoms with van der Waals surface area (Å²) in [6, 6.07) is 0.587. The van der Waals surface area contributed by atoms with E-state index in [4.69, 9.17) is 4.74 Å². The molecule has 0 aliphatic carbocycles. The molecular weight excluding hydrogens is 162 g/mol. The zero-order chi connectivity index (χ0) is 10.1. The second-order valence-corrected chi connectivity index (χ2v) is 3.73. The first-order chi connectivity index (χ1) is 6.20. The van der Waals surface area contributed by atoms with E-state index >= 15 is 0 Å². The predicted molar refractivity (Wildman–Crippen MR) is 58.1 cm³/mol. The van der Waals surface area contributed by atoms with Gasteiger partial charge in [0.25, 0.3) is 0 Å². The fourth-order valence-electron chi connectivity index (χ4n) is 1.06. The van der Waals surface area contributed by atoms with Crippen LogP contribution in [0.25, 0.3) is 0 Å². The van der Waals surface area contributed by atoms with Crippen molar-refractivity contribution in [3.8, 4) is 0 Å². The monoisotopic (exact) mass is 187 g/mol. The molecule has 13 heavy (non-hydrogen) atoms. The largest absolute Gasteiger partial charge is 0.378 e. The maximum atomic E-state index is 5.60. The third-order valence-electron chi connectivity index (χ3n) is 2.27. The van der Waals surface area contributed by atoms with Gasteiger partial charge in [-0.3, -0.25) is 0 Å². The number of nitrogens with one attached hydrogen (secondary N) is 1. The van der Waals surface area contributed by atoms with E-state index in [0.717, 1.165) is 26.0 Å². The molecule has 0 aromatic carbocycles. The third-order valence-corrected chi connectivity index (χ3v) is 2.27. The summed E-state index contributed by atoms with van der Waals surface area (Å²) in [6.45, 7) is 10.7. The van der Waals surface area contributed by atoms with Crippen LogP contribution < -0.4 is 5.32 Å². The van der Waals surface area contributed by atoms with Crippen molar-refractivity contribution in [1.82, 2.24) is 5.32 Å². The fraction of sp³-hybridized carbons (Fsp3) is 1.00. The van der Waals surface area contributed by atoms with Gasteiger partial charge in [-0.1, -0.05) is 13.8 Å². The van der Waals surface area contributed by atoms with Gasteiger partial charge in [-0.15, -0.1) is 0 Å². The molecule has 2 atom stereocenters. The molecule has 2 heteroatoms. The molecule has 0 radical (unpaired) electrons. The Morgan fingerprint density at radius 1 is 1.23 bits per heavy atom. The van der Waals surface area contributed by atoms with Gasteiger partial charge in [0.1, 0.15) is 0 Å². The Morgan fingerprint density at radius 2 is 1.92 bits per heavy atom. The summed E-state index contributed by atoms with van der Waals surface area (Å²) in [5, 5.41) is 3.44. The van der Waals surface area contributed by atoms with Crippen LogP contribution in [-0.2, 0) is 4.74 Å². The molecule has 80 valence electrons. The maximum absolute atomic E-state index is 5.60. The Balaban J connectivity index is 3.21. The molecule has 0 heterocycles. The van der Waals surface area contributed by atoms with Gasteiger partial charge in [0.2, 0.25) is 0 Å². The normalized spacial score (nSPS) is 15.7. The van der Waals surface area contributed by atoms with Crippen molar-refractivity contribution in [2.24, 2.45) is 0 Å². The smallest absolute Gasteiger partial charge is 0.0544 e. The van der Waals surface area contributed by atoms with Crippen molar-refractivity contribution in [3.05, 3.63) is 0 Å². The highest BCUT2D eigenvalue weighted by Crippen LogP contribution is 1.99. The Kier molecular flexibility index (Phi) is 8.46. The van der Waals surface area contributed by atoms with Gasteiger partial charge in [-0.2, -0.15) is 0 Å². The zero-order valence-electron chi connectivity index (χ0n) is 9.60. The summed E-state index contributed by atoms with van der Waals surface area (Å²) in [6.07, 6.45) is 3.84. The van der Waals surface area contributed by atoms with Crippen molar-refractivity contribution >= 4 is 0 Å². The lowest BCUT2D eigenvalue weighted by Gasteiger charge is -2.15. The van der Waals surface area contributed by atoms with Gasteiger partial charge >= 0.3 is 0 Å². The van der Waals surface area contributed by atoms with Gasteiger partial charge in [0, 0.05) is 12.6 Å². The highest BCUT2D eigenvalue weighted by molar-refractivity contribution is 4.59. The molecule has 0 saturated heterocycles. The van der Waals surface area contributed by atoms with E-state index < -0.39 is 0 Å². The van der Waals surface area contributed by atoms with Crippen molar-refractivity contribution in [1.29, 1.82) is 0 Å². The average molecular weight is 187 g/mol. The van der Waals surface area contributed by atoms with E-state index in [9.17, 15) is 0 Å². The second kappa shape index (κ2) is 8.52.